The smallest absolute Gasteiger partial charge is 0.355 e. The van der Waals surface area contributed by atoms with Crippen molar-refractivity contribution in [1.29, 1.82) is 0 Å². The molecule has 0 atom stereocenters. The van der Waals surface area contributed by atoms with Crippen LogP contribution in [0.5, 0.6) is 0 Å². The molecule has 0 aliphatic carbocycles. The molecular formula is C14H14ClNO5. The first kappa shape index (κ1) is 15.3. The largest absolute Gasteiger partial charge is 0.466 e. The van der Waals surface area contributed by atoms with Gasteiger partial charge in [0.2, 0.25) is 0 Å². The average Bonchev–Trinajstić information content (AvgIpc) is 2.52. The molecule has 7 heteroatoms. The van der Waals surface area contributed by atoms with E-state index in [1.165, 1.54) is 19.1 Å². The maximum Gasteiger partial charge on any atom is 0.355 e. The molecule has 0 saturated carbocycles. The quantitative estimate of drug-likeness (QED) is 0.792. The zero-order chi connectivity index (χ0) is 15.4. The van der Waals surface area contributed by atoms with E-state index in [0.717, 1.165) is 0 Å². The fraction of sp³-hybridized carbons (Fsp3) is 0.286. The minimum atomic E-state index is -0.640. The van der Waals surface area contributed by atoms with Crippen LogP contribution in [-0.4, -0.2) is 39.5 Å². The molecule has 112 valence electrons. The lowest BCUT2D eigenvalue weighted by molar-refractivity contribution is -0.140. The van der Waals surface area contributed by atoms with Crippen molar-refractivity contribution < 1.29 is 23.8 Å². The number of carbonyl (C=O) groups excluding carboxylic acids is 2. The van der Waals surface area contributed by atoms with Crippen molar-refractivity contribution in [2.24, 2.45) is 0 Å². The molecule has 1 aromatic carbocycles. The van der Waals surface area contributed by atoms with Gasteiger partial charge in [-0.05, 0) is 18.2 Å². The first-order valence-electron chi connectivity index (χ1n) is 6.09. The molecule has 1 aromatic rings. The molecule has 1 aliphatic heterocycles. The third-order valence-corrected chi connectivity index (χ3v) is 3.19. The second-order valence-corrected chi connectivity index (χ2v) is 4.63. The number of anilines is 1. The zero-order valence-corrected chi connectivity index (χ0v) is 12.3. The van der Waals surface area contributed by atoms with E-state index < -0.39 is 11.9 Å². The monoisotopic (exact) mass is 311 g/mol. The second kappa shape index (κ2) is 6.60. The molecule has 0 unspecified atom stereocenters. The van der Waals surface area contributed by atoms with E-state index in [4.69, 9.17) is 21.1 Å². The minimum absolute atomic E-state index is 0.0197. The highest BCUT2D eigenvalue weighted by Crippen LogP contribution is 2.28. The van der Waals surface area contributed by atoms with Gasteiger partial charge in [-0.1, -0.05) is 17.7 Å². The summed E-state index contributed by atoms with van der Waals surface area (Å²) in [5.41, 5.74) is 0.817. The van der Waals surface area contributed by atoms with Gasteiger partial charge in [0.05, 0.1) is 26.4 Å². The summed E-state index contributed by atoms with van der Waals surface area (Å²) in [6.45, 7) is 0.0828. The van der Waals surface area contributed by atoms with Crippen molar-refractivity contribution in [3.63, 3.8) is 0 Å². The van der Waals surface area contributed by atoms with Gasteiger partial charge < -0.3 is 19.1 Å². The Bertz CT molecular complexity index is 599. The van der Waals surface area contributed by atoms with Crippen LogP contribution in [0.25, 0.3) is 0 Å². The maximum absolute atomic E-state index is 12.0. The topological polar surface area (TPSA) is 65.1 Å². The van der Waals surface area contributed by atoms with Gasteiger partial charge in [-0.3, -0.25) is 0 Å². The number of esters is 2. The molecule has 0 spiro atoms. The van der Waals surface area contributed by atoms with Gasteiger partial charge >= 0.3 is 11.9 Å². The van der Waals surface area contributed by atoms with Crippen LogP contribution in [0, 0.1) is 0 Å². The Balaban J connectivity index is 2.53. The second-order valence-electron chi connectivity index (χ2n) is 4.20. The maximum atomic E-state index is 12.0. The normalized spacial score (nSPS) is 14.9. The Morgan fingerprint density at radius 1 is 1.24 bits per heavy atom. The summed E-state index contributed by atoms with van der Waals surface area (Å²) >= 11 is 5.96. The lowest BCUT2D eigenvalue weighted by Crippen LogP contribution is -2.38. The van der Waals surface area contributed by atoms with Crippen molar-refractivity contribution in [3.8, 4) is 0 Å². The summed E-state index contributed by atoms with van der Waals surface area (Å²) in [6, 6.07) is 6.85. The molecule has 0 N–H and O–H groups in total. The molecule has 6 nitrogen and oxygen atoms in total. The summed E-state index contributed by atoms with van der Waals surface area (Å²) in [6.07, 6.45) is 0. The molecule has 1 aliphatic rings. The molecular weight excluding hydrogens is 298 g/mol. The van der Waals surface area contributed by atoms with Crippen LogP contribution in [0.2, 0.25) is 5.02 Å². The summed E-state index contributed by atoms with van der Waals surface area (Å²) in [5.74, 6) is -1.28. The standard InChI is InChI=1S/C14H14ClNO5/c1-19-13(17)11-7-21-8-16(12(11)14(18)20-2)10-5-3-4-9(15)6-10/h3-6H,7-8H2,1-2H3. The molecule has 0 radical (unpaired) electrons. The van der Waals surface area contributed by atoms with Crippen LogP contribution in [0.4, 0.5) is 5.69 Å². The van der Waals surface area contributed by atoms with Crippen molar-refractivity contribution >= 4 is 29.2 Å². The predicted molar refractivity (Wildman–Crippen MR) is 75.8 cm³/mol. The summed E-state index contributed by atoms with van der Waals surface area (Å²) < 4.78 is 14.8. The number of halogens is 1. The molecule has 0 aromatic heterocycles. The number of methoxy groups -OCH3 is 2. The Morgan fingerprint density at radius 3 is 2.57 bits per heavy atom. The Hall–Kier alpha value is -2.05. The first-order chi connectivity index (χ1) is 10.1. The number of carbonyl (C=O) groups is 2. The number of nitrogens with zero attached hydrogens (tertiary/aromatic N) is 1. The Labute approximate surface area is 126 Å². The van der Waals surface area contributed by atoms with Gasteiger partial charge in [0.1, 0.15) is 12.4 Å². The van der Waals surface area contributed by atoms with Gasteiger partial charge in [0.25, 0.3) is 0 Å². The van der Waals surface area contributed by atoms with E-state index in [0.29, 0.717) is 10.7 Å². The minimum Gasteiger partial charge on any atom is -0.466 e. The summed E-state index contributed by atoms with van der Waals surface area (Å²) in [5, 5.41) is 0.502. The summed E-state index contributed by atoms with van der Waals surface area (Å²) in [4.78, 5) is 25.4. The Morgan fingerprint density at radius 2 is 1.95 bits per heavy atom. The van der Waals surface area contributed by atoms with Crippen LogP contribution < -0.4 is 4.90 Å². The van der Waals surface area contributed by atoms with Crippen LogP contribution in [0.1, 0.15) is 0 Å². The molecule has 21 heavy (non-hydrogen) atoms. The van der Waals surface area contributed by atoms with Crippen molar-refractivity contribution in [2.45, 2.75) is 0 Å². The van der Waals surface area contributed by atoms with Crippen LogP contribution in [0.3, 0.4) is 0 Å². The molecule has 1 heterocycles. The average molecular weight is 312 g/mol. The highest BCUT2D eigenvalue weighted by Gasteiger charge is 2.32. The number of benzene rings is 1. The highest BCUT2D eigenvalue weighted by atomic mass is 35.5. The van der Waals surface area contributed by atoms with Gasteiger partial charge in [0.15, 0.2) is 0 Å². The van der Waals surface area contributed by atoms with E-state index in [1.807, 2.05) is 0 Å². The van der Waals surface area contributed by atoms with Gasteiger partial charge in [0, 0.05) is 10.7 Å². The number of hydrogen-bond acceptors (Lipinski definition) is 6. The fourth-order valence-corrected chi connectivity index (χ4v) is 2.18. The van der Waals surface area contributed by atoms with Crippen molar-refractivity contribution in [2.75, 3.05) is 32.5 Å². The van der Waals surface area contributed by atoms with Gasteiger partial charge in [-0.25, -0.2) is 9.59 Å². The van der Waals surface area contributed by atoms with Crippen LogP contribution >= 0.6 is 11.6 Å². The lowest BCUT2D eigenvalue weighted by Gasteiger charge is -2.31. The molecule has 2 rings (SSSR count). The highest BCUT2D eigenvalue weighted by molar-refractivity contribution is 6.30. The zero-order valence-electron chi connectivity index (χ0n) is 11.6. The van der Waals surface area contributed by atoms with Crippen molar-refractivity contribution in [1.82, 2.24) is 0 Å². The summed E-state index contributed by atoms with van der Waals surface area (Å²) in [7, 11) is 2.48. The van der Waals surface area contributed by atoms with Crippen molar-refractivity contribution in [3.05, 3.63) is 40.6 Å². The number of ether oxygens (including phenoxy) is 3. The van der Waals surface area contributed by atoms with E-state index in [-0.39, 0.29) is 24.6 Å². The lowest BCUT2D eigenvalue weighted by atomic mass is 10.1. The SMILES string of the molecule is COC(=O)C1=C(C(=O)OC)N(c2cccc(Cl)c2)COC1. The fourth-order valence-electron chi connectivity index (χ4n) is 1.99. The van der Waals surface area contributed by atoms with E-state index >= 15 is 0 Å². The molecule has 0 fully saturated rings. The van der Waals surface area contributed by atoms with E-state index in [2.05, 4.69) is 4.74 Å². The molecule has 0 bridgehead atoms. The molecule has 0 amide bonds. The molecule has 0 saturated heterocycles. The van der Waals surface area contributed by atoms with Crippen LogP contribution in [0.15, 0.2) is 35.5 Å². The van der Waals surface area contributed by atoms with Gasteiger partial charge in [-0.2, -0.15) is 0 Å². The van der Waals surface area contributed by atoms with Gasteiger partial charge in [-0.15, -0.1) is 0 Å². The van der Waals surface area contributed by atoms with E-state index in [1.54, 1.807) is 24.3 Å². The van der Waals surface area contributed by atoms with Crippen LogP contribution in [-0.2, 0) is 23.8 Å². The third-order valence-electron chi connectivity index (χ3n) is 2.95. The number of hydrogen-bond donors (Lipinski definition) is 0. The number of rotatable bonds is 3. The third kappa shape index (κ3) is 3.17. The van der Waals surface area contributed by atoms with E-state index in [9.17, 15) is 9.59 Å². The first-order valence-corrected chi connectivity index (χ1v) is 6.47. The Kier molecular flexibility index (Phi) is 4.82. The predicted octanol–water partition coefficient (Wildman–Crippen LogP) is 1.73.